The number of hydrogen-bond acceptors (Lipinski definition) is 1. The van der Waals surface area contributed by atoms with E-state index in [9.17, 15) is 0 Å². The zero-order valence-corrected chi connectivity index (χ0v) is 7.34. The molecule has 0 saturated carbocycles. The van der Waals surface area contributed by atoms with Gasteiger partial charge in [-0.1, -0.05) is 23.7 Å². The minimum atomic E-state index is 0.368. The van der Waals surface area contributed by atoms with Crippen LogP contribution in [0.2, 0.25) is 5.02 Å². The van der Waals surface area contributed by atoms with E-state index in [-0.39, 0.29) is 0 Å². The van der Waals surface area contributed by atoms with Crippen molar-refractivity contribution >= 4 is 11.6 Å². The summed E-state index contributed by atoms with van der Waals surface area (Å²) in [6.45, 7) is 0. The maximum atomic E-state index is 6.07. The highest BCUT2D eigenvalue weighted by atomic mass is 35.5. The fraction of sp³-hybridized carbons (Fsp3) is 0.400. The summed E-state index contributed by atoms with van der Waals surface area (Å²) in [7, 11) is 0. The van der Waals surface area contributed by atoms with Gasteiger partial charge in [0.2, 0.25) is 0 Å². The average Bonchev–Trinajstić information content (AvgIpc) is 2.83. The molecule has 0 radical (unpaired) electrons. The second kappa shape index (κ2) is 2.24. The summed E-state index contributed by atoms with van der Waals surface area (Å²) in [6, 6.07) is 6.10. The molecule has 1 saturated heterocycles. The van der Waals surface area contributed by atoms with E-state index in [1.54, 1.807) is 0 Å². The molecular weight excluding hydrogens is 172 g/mol. The number of hydrogen-bond donors (Lipinski definition) is 0. The standard InChI is InChI=1S/C10H9ClO/c11-8-3-1-2-7-6(8)4-5-9-10(7)12-9/h1-3,9-10H,4-5H2/t9-,10+/m0/s1. The van der Waals surface area contributed by atoms with Gasteiger partial charge in [-0.15, -0.1) is 0 Å². The SMILES string of the molecule is Clc1cccc2c1CC[C@@H]1O[C@H]21. The van der Waals surface area contributed by atoms with E-state index in [4.69, 9.17) is 16.3 Å². The Labute approximate surface area is 76.3 Å². The highest BCUT2D eigenvalue weighted by Crippen LogP contribution is 2.48. The van der Waals surface area contributed by atoms with Gasteiger partial charge in [-0.05, 0) is 30.0 Å². The predicted octanol–water partition coefficient (Wildman–Crippen LogP) is 2.73. The van der Waals surface area contributed by atoms with Crippen molar-refractivity contribution in [3.05, 3.63) is 34.3 Å². The minimum Gasteiger partial charge on any atom is -0.364 e. The number of rotatable bonds is 0. The third-order valence-electron chi connectivity index (χ3n) is 2.72. The van der Waals surface area contributed by atoms with E-state index in [0.717, 1.165) is 17.9 Å². The molecule has 1 aromatic carbocycles. The summed E-state index contributed by atoms with van der Waals surface area (Å²) < 4.78 is 5.50. The van der Waals surface area contributed by atoms with Crippen molar-refractivity contribution in [1.29, 1.82) is 0 Å². The van der Waals surface area contributed by atoms with Crippen LogP contribution in [0.4, 0.5) is 0 Å². The lowest BCUT2D eigenvalue weighted by molar-refractivity contribution is 0.373. The topological polar surface area (TPSA) is 12.5 Å². The fourth-order valence-electron chi connectivity index (χ4n) is 2.03. The first-order chi connectivity index (χ1) is 5.86. The van der Waals surface area contributed by atoms with Gasteiger partial charge in [-0.25, -0.2) is 0 Å². The van der Waals surface area contributed by atoms with Crippen LogP contribution in [0.5, 0.6) is 0 Å². The molecule has 2 heteroatoms. The van der Waals surface area contributed by atoms with Gasteiger partial charge in [-0.3, -0.25) is 0 Å². The van der Waals surface area contributed by atoms with Gasteiger partial charge >= 0.3 is 0 Å². The maximum absolute atomic E-state index is 6.07. The van der Waals surface area contributed by atoms with Crippen LogP contribution < -0.4 is 0 Å². The van der Waals surface area contributed by atoms with Crippen LogP contribution in [0.15, 0.2) is 18.2 Å². The van der Waals surface area contributed by atoms with Gasteiger partial charge in [0.1, 0.15) is 6.10 Å². The number of benzene rings is 1. The molecule has 0 spiro atoms. The van der Waals surface area contributed by atoms with Crippen LogP contribution in [-0.2, 0) is 11.2 Å². The summed E-state index contributed by atoms with van der Waals surface area (Å²) in [5.74, 6) is 0. The molecular formula is C10H9ClO. The van der Waals surface area contributed by atoms with Crippen molar-refractivity contribution in [2.75, 3.05) is 0 Å². The van der Waals surface area contributed by atoms with E-state index in [0.29, 0.717) is 12.2 Å². The second-order valence-electron chi connectivity index (χ2n) is 3.44. The molecule has 12 heavy (non-hydrogen) atoms. The smallest absolute Gasteiger partial charge is 0.109 e. The lowest BCUT2D eigenvalue weighted by Crippen LogP contribution is -2.04. The number of ether oxygens (including phenoxy) is 1. The van der Waals surface area contributed by atoms with Crippen LogP contribution >= 0.6 is 11.6 Å². The van der Waals surface area contributed by atoms with Crippen molar-refractivity contribution < 1.29 is 4.74 Å². The van der Waals surface area contributed by atoms with E-state index < -0.39 is 0 Å². The van der Waals surface area contributed by atoms with Gasteiger partial charge in [0, 0.05) is 5.02 Å². The predicted molar refractivity (Wildman–Crippen MR) is 47.4 cm³/mol. The number of halogens is 1. The molecule has 1 heterocycles. The highest BCUT2D eigenvalue weighted by Gasteiger charge is 2.44. The van der Waals surface area contributed by atoms with Crippen LogP contribution in [-0.4, -0.2) is 6.10 Å². The fourth-order valence-corrected chi connectivity index (χ4v) is 2.30. The summed E-state index contributed by atoms with van der Waals surface area (Å²) in [6.07, 6.45) is 3.08. The molecule has 1 fully saturated rings. The van der Waals surface area contributed by atoms with Crippen LogP contribution in [0.3, 0.4) is 0 Å². The molecule has 1 aliphatic carbocycles. The molecule has 62 valence electrons. The van der Waals surface area contributed by atoms with Crippen LogP contribution in [0.25, 0.3) is 0 Å². The normalized spacial score (nSPS) is 30.8. The van der Waals surface area contributed by atoms with Crippen molar-refractivity contribution in [3.63, 3.8) is 0 Å². The zero-order valence-electron chi connectivity index (χ0n) is 6.59. The largest absolute Gasteiger partial charge is 0.364 e. The van der Waals surface area contributed by atoms with E-state index in [1.807, 2.05) is 12.1 Å². The Morgan fingerprint density at radius 2 is 2.33 bits per heavy atom. The minimum absolute atomic E-state index is 0.368. The lowest BCUT2D eigenvalue weighted by Gasteiger charge is -2.12. The molecule has 2 atom stereocenters. The quantitative estimate of drug-likeness (QED) is 0.560. The van der Waals surface area contributed by atoms with E-state index in [1.165, 1.54) is 11.1 Å². The van der Waals surface area contributed by atoms with Gasteiger partial charge < -0.3 is 4.74 Å². The zero-order chi connectivity index (χ0) is 8.13. The van der Waals surface area contributed by atoms with Gasteiger partial charge in [0.25, 0.3) is 0 Å². The Morgan fingerprint density at radius 1 is 1.42 bits per heavy atom. The third-order valence-corrected chi connectivity index (χ3v) is 3.08. The number of fused-ring (bicyclic) bond motifs is 3. The average molecular weight is 181 g/mol. The van der Waals surface area contributed by atoms with Gasteiger partial charge in [-0.2, -0.15) is 0 Å². The molecule has 3 rings (SSSR count). The highest BCUT2D eigenvalue weighted by molar-refractivity contribution is 6.31. The van der Waals surface area contributed by atoms with Gasteiger partial charge in [0.15, 0.2) is 0 Å². The Bertz CT molecular complexity index is 335. The first-order valence-corrected chi connectivity index (χ1v) is 4.67. The Hall–Kier alpha value is -0.530. The second-order valence-corrected chi connectivity index (χ2v) is 3.85. The lowest BCUT2D eigenvalue weighted by atomic mass is 9.92. The van der Waals surface area contributed by atoms with Crippen LogP contribution in [0, 0.1) is 0 Å². The molecule has 0 amide bonds. The molecule has 2 aliphatic rings. The van der Waals surface area contributed by atoms with Crippen molar-refractivity contribution in [1.82, 2.24) is 0 Å². The Balaban J connectivity index is 2.18. The summed E-state index contributed by atoms with van der Waals surface area (Å²) in [4.78, 5) is 0. The van der Waals surface area contributed by atoms with Crippen LogP contribution in [0.1, 0.15) is 23.7 Å². The monoisotopic (exact) mass is 180 g/mol. The molecule has 0 unspecified atom stereocenters. The number of epoxide rings is 1. The summed E-state index contributed by atoms with van der Waals surface area (Å²) >= 11 is 6.07. The Morgan fingerprint density at radius 3 is 3.25 bits per heavy atom. The first kappa shape index (κ1) is 6.93. The van der Waals surface area contributed by atoms with Gasteiger partial charge in [0.05, 0.1) is 6.10 Å². The van der Waals surface area contributed by atoms with Crippen molar-refractivity contribution in [3.8, 4) is 0 Å². The molecule has 0 aromatic heterocycles. The third kappa shape index (κ3) is 0.838. The molecule has 1 aliphatic heterocycles. The Kier molecular flexibility index (Phi) is 1.29. The maximum Gasteiger partial charge on any atom is 0.109 e. The van der Waals surface area contributed by atoms with E-state index in [2.05, 4.69) is 6.07 Å². The molecule has 0 N–H and O–H groups in total. The molecule has 0 bridgehead atoms. The summed E-state index contributed by atoms with van der Waals surface area (Å²) in [5, 5.41) is 0.904. The molecule has 1 nitrogen and oxygen atoms in total. The molecule has 1 aromatic rings. The van der Waals surface area contributed by atoms with Crippen molar-refractivity contribution in [2.24, 2.45) is 0 Å². The van der Waals surface area contributed by atoms with E-state index >= 15 is 0 Å². The summed E-state index contributed by atoms with van der Waals surface area (Å²) in [5.41, 5.74) is 2.62. The first-order valence-electron chi connectivity index (χ1n) is 4.29. The van der Waals surface area contributed by atoms with Crippen molar-refractivity contribution in [2.45, 2.75) is 25.0 Å².